The number of allylic oxidation sites excluding steroid dienone is 1. The zero-order valence-electron chi connectivity index (χ0n) is 18.0. The van der Waals surface area contributed by atoms with Gasteiger partial charge in [-0.1, -0.05) is 42.5 Å². The lowest BCUT2D eigenvalue weighted by Crippen LogP contribution is -2.22. The van der Waals surface area contributed by atoms with E-state index in [1.165, 1.54) is 0 Å². The average Bonchev–Trinajstić information content (AvgIpc) is 2.83. The van der Waals surface area contributed by atoms with Crippen molar-refractivity contribution in [1.82, 2.24) is 0 Å². The molecule has 2 N–H and O–H groups in total. The standard InChI is InChI=1S/C26H22N2O5/c1-2-30-22-11-7-6-10-19(22)25-20-13-12-18(14-23(20)33-26(28)21(25)15-27)32-24(29)16-31-17-8-4-3-5-9-17/h3-14,25H,2,16,28H2,1H3. The summed E-state index contributed by atoms with van der Waals surface area (Å²) in [4.78, 5) is 12.2. The largest absolute Gasteiger partial charge is 0.494 e. The minimum Gasteiger partial charge on any atom is -0.494 e. The molecule has 0 radical (unpaired) electrons. The zero-order valence-corrected chi connectivity index (χ0v) is 18.0. The van der Waals surface area contributed by atoms with Crippen molar-refractivity contribution in [1.29, 1.82) is 5.26 Å². The molecule has 33 heavy (non-hydrogen) atoms. The average molecular weight is 442 g/mol. The fourth-order valence-corrected chi connectivity index (χ4v) is 3.64. The smallest absolute Gasteiger partial charge is 0.349 e. The van der Waals surface area contributed by atoms with Crippen LogP contribution in [0, 0.1) is 11.3 Å². The highest BCUT2D eigenvalue weighted by Gasteiger charge is 2.32. The van der Waals surface area contributed by atoms with Gasteiger partial charge in [-0.05, 0) is 31.2 Å². The Morgan fingerprint density at radius 2 is 1.76 bits per heavy atom. The number of hydrogen-bond donors (Lipinski definition) is 1. The van der Waals surface area contributed by atoms with Crippen LogP contribution in [0.1, 0.15) is 24.0 Å². The van der Waals surface area contributed by atoms with E-state index >= 15 is 0 Å². The van der Waals surface area contributed by atoms with Crippen LogP contribution in [0.4, 0.5) is 0 Å². The van der Waals surface area contributed by atoms with Gasteiger partial charge in [-0.2, -0.15) is 5.26 Å². The van der Waals surface area contributed by atoms with Crippen molar-refractivity contribution in [2.45, 2.75) is 12.8 Å². The normalized spacial score (nSPS) is 14.5. The van der Waals surface area contributed by atoms with Gasteiger partial charge in [-0.15, -0.1) is 0 Å². The Balaban J connectivity index is 1.60. The fraction of sp³-hybridized carbons (Fsp3) is 0.154. The van der Waals surface area contributed by atoms with E-state index in [0.717, 1.165) is 5.56 Å². The molecule has 166 valence electrons. The summed E-state index contributed by atoms with van der Waals surface area (Å²) in [6.07, 6.45) is 0. The molecule has 0 saturated carbocycles. The topological polar surface area (TPSA) is 104 Å². The molecule has 0 spiro atoms. The number of ether oxygens (including phenoxy) is 4. The van der Waals surface area contributed by atoms with Crippen molar-refractivity contribution < 1.29 is 23.7 Å². The van der Waals surface area contributed by atoms with Crippen LogP contribution in [0.3, 0.4) is 0 Å². The first-order valence-electron chi connectivity index (χ1n) is 10.4. The molecule has 3 aromatic rings. The number of nitriles is 1. The van der Waals surface area contributed by atoms with Crippen LogP contribution >= 0.6 is 0 Å². The van der Waals surface area contributed by atoms with E-state index in [-0.39, 0.29) is 23.8 Å². The molecule has 3 aromatic carbocycles. The SMILES string of the molecule is CCOc1ccccc1C1C(C#N)=C(N)Oc2cc(OC(=O)COc3ccccc3)ccc21. The molecular formula is C26H22N2O5. The Hall–Kier alpha value is -4.44. The van der Waals surface area contributed by atoms with Gasteiger partial charge in [0.2, 0.25) is 5.88 Å². The van der Waals surface area contributed by atoms with E-state index in [1.54, 1.807) is 30.3 Å². The number of nitrogens with two attached hydrogens (primary N) is 1. The molecule has 1 aliphatic rings. The number of benzene rings is 3. The van der Waals surface area contributed by atoms with Gasteiger partial charge in [0.1, 0.15) is 34.6 Å². The first-order chi connectivity index (χ1) is 16.1. The number of rotatable bonds is 7. The summed E-state index contributed by atoms with van der Waals surface area (Å²) in [5.41, 5.74) is 7.89. The predicted molar refractivity (Wildman–Crippen MR) is 121 cm³/mol. The van der Waals surface area contributed by atoms with Crippen LogP contribution in [-0.2, 0) is 4.79 Å². The second-order valence-corrected chi connectivity index (χ2v) is 7.17. The van der Waals surface area contributed by atoms with E-state index in [2.05, 4.69) is 6.07 Å². The molecule has 1 heterocycles. The minimum absolute atomic E-state index is 0.00260. The second kappa shape index (κ2) is 9.79. The summed E-state index contributed by atoms with van der Waals surface area (Å²) in [7, 11) is 0. The maximum Gasteiger partial charge on any atom is 0.349 e. The van der Waals surface area contributed by atoms with Gasteiger partial charge in [0.25, 0.3) is 0 Å². The summed E-state index contributed by atoms with van der Waals surface area (Å²) < 4.78 is 22.3. The molecule has 4 rings (SSSR count). The first kappa shape index (κ1) is 21.8. The van der Waals surface area contributed by atoms with E-state index in [1.807, 2.05) is 49.4 Å². The second-order valence-electron chi connectivity index (χ2n) is 7.17. The van der Waals surface area contributed by atoms with Crippen molar-refractivity contribution in [3.05, 3.63) is 95.4 Å². The quantitative estimate of drug-likeness (QED) is 0.430. The van der Waals surface area contributed by atoms with Gasteiger partial charge >= 0.3 is 5.97 Å². The van der Waals surface area contributed by atoms with Crippen LogP contribution < -0.4 is 24.7 Å². The van der Waals surface area contributed by atoms with Gasteiger partial charge in [-0.25, -0.2) is 4.79 Å². The molecule has 7 heteroatoms. The zero-order chi connectivity index (χ0) is 23.2. The maximum atomic E-state index is 12.2. The summed E-state index contributed by atoms with van der Waals surface area (Å²) >= 11 is 0. The molecule has 0 aromatic heterocycles. The van der Waals surface area contributed by atoms with Crippen LogP contribution in [0.2, 0.25) is 0 Å². The Labute approximate surface area is 191 Å². The Kier molecular flexibility index (Phi) is 6.46. The molecule has 0 aliphatic carbocycles. The third-order valence-corrected chi connectivity index (χ3v) is 5.05. The van der Waals surface area contributed by atoms with Gasteiger partial charge < -0.3 is 24.7 Å². The molecule has 1 atom stereocenters. The molecule has 0 bridgehead atoms. The number of fused-ring (bicyclic) bond motifs is 1. The molecule has 1 aliphatic heterocycles. The van der Waals surface area contributed by atoms with Gasteiger partial charge in [0.15, 0.2) is 6.61 Å². The predicted octanol–water partition coefficient (Wildman–Crippen LogP) is 4.29. The molecule has 0 fully saturated rings. The summed E-state index contributed by atoms with van der Waals surface area (Å²) in [5, 5.41) is 9.77. The Morgan fingerprint density at radius 3 is 2.52 bits per heavy atom. The highest BCUT2D eigenvalue weighted by molar-refractivity contribution is 5.74. The van der Waals surface area contributed by atoms with Gasteiger partial charge in [0, 0.05) is 17.2 Å². The number of hydrogen-bond acceptors (Lipinski definition) is 7. The van der Waals surface area contributed by atoms with Gasteiger partial charge in [0.05, 0.1) is 12.5 Å². The highest BCUT2D eigenvalue weighted by Crippen LogP contribution is 2.45. The lowest BCUT2D eigenvalue weighted by atomic mass is 9.83. The van der Waals surface area contributed by atoms with E-state index in [0.29, 0.717) is 29.4 Å². The highest BCUT2D eigenvalue weighted by atomic mass is 16.6. The molecule has 0 amide bonds. The van der Waals surface area contributed by atoms with Crippen LogP contribution in [0.25, 0.3) is 0 Å². The first-order valence-corrected chi connectivity index (χ1v) is 10.4. The number of carbonyl (C=O) groups excluding carboxylic acids is 1. The van der Waals surface area contributed by atoms with Crippen molar-refractivity contribution in [2.75, 3.05) is 13.2 Å². The number of carbonyl (C=O) groups is 1. The summed E-state index contributed by atoms with van der Waals surface area (Å²) in [5.74, 6) is 0.865. The van der Waals surface area contributed by atoms with Crippen molar-refractivity contribution >= 4 is 5.97 Å². The molecule has 0 saturated heterocycles. The maximum absolute atomic E-state index is 12.2. The van der Waals surface area contributed by atoms with E-state index in [9.17, 15) is 10.1 Å². The van der Waals surface area contributed by atoms with Crippen LogP contribution in [-0.4, -0.2) is 19.2 Å². The van der Waals surface area contributed by atoms with Crippen LogP contribution in [0.15, 0.2) is 84.3 Å². The lowest BCUT2D eigenvalue weighted by Gasteiger charge is -2.27. The Bertz CT molecular complexity index is 1230. The van der Waals surface area contributed by atoms with Crippen molar-refractivity contribution in [2.24, 2.45) is 5.73 Å². The number of esters is 1. The van der Waals surface area contributed by atoms with Crippen LogP contribution in [0.5, 0.6) is 23.0 Å². The van der Waals surface area contributed by atoms with E-state index in [4.69, 9.17) is 24.7 Å². The van der Waals surface area contributed by atoms with Gasteiger partial charge in [-0.3, -0.25) is 0 Å². The Morgan fingerprint density at radius 1 is 1.00 bits per heavy atom. The molecule has 7 nitrogen and oxygen atoms in total. The third kappa shape index (κ3) is 4.75. The summed E-state index contributed by atoms with van der Waals surface area (Å²) in [6.45, 7) is 2.13. The van der Waals surface area contributed by atoms with Crippen molar-refractivity contribution in [3.8, 4) is 29.1 Å². The summed E-state index contributed by atoms with van der Waals surface area (Å²) in [6, 6.07) is 23.6. The lowest BCUT2D eigenvalue weighted by molar-refractivity contribution is -0.136. The minimum atomic E-state index is -0.561. The van der Waals surface area contributed by atoms with Crippen molar-refractivity contribution in [3.63, 3.8) is 0 Å². The monoisotopic (exact) mass is 442 g/mol. The number of para-hydroxylation sites is 2. The van der Waals surface area contributed by atoms with E-state index < -0.39 is 11.9 Å². The molecular weight excluding hydrogens is 420 g/mol. The number of nitrogens with zero attached hydrogens (tertiary/aromatic N) is 1. The third-order valence-electron chi connectivity index (χ3n) is 5.05. The molecule has 1 unspecified atom stereocenters. The fourth-order valence-electron chi connectivity index (χ4n) is 3.64.